The van der Waals surface area contributed by atoms with Crippen molar-refractivity contribution in [2.75, 3.05) is 0 Å². The van der Waals surface area contributed by atoms with Gasteiger partial charge in [0.15, 0.2) is 0 Å². The van der Waals surface area contributed by atoms with Gasteiger partial charge in [-0.1, -0.05) is 30.3 Å². The second-order valence-corrected chi connectivity index (χ2v) is 6.96. The van der Waals surface area contributed by atoms with Crippen molar-refractivity contribution in [2.24, 2.45) is 0 Å². The van der Waals surface area contributed by atoms with Crippen LogP contribution < -0.4 is 0 Å². The van der Waals surface area contributed by atoms with E-state index in [1.807, 2.05) is 24.4 Å². The molecule has 2 aliphatic rings. The molecule has 1 atom stereocenters. The number of carbonyl (C=O) groups excluding carboxylic acids is 1. The fraction of sp³-hybridized carbons (Fsp3) is 0.429. The lowest BCUT2D eigenvalue weighted by atomic mass is 10.1. The van der Waals surface area contributed by atoms with Crippen LogP contribution in [0.2, 0.25) is 0 Å². The Morgan fingerprint density at radius 3 is 2.71 bits per heavy atom. The highest BCUT2D eigenvalue weighted by molar-refractivity contribution is 5.77. The molecule has 3 nitrogen and oxygen atoms in total. The third-order valence-electron chi connectivity index (χ3n) is 5.21. The first kappa shape index (κ1) is 15.4. The monoisotopic (exact) mass is 320 g/mol. The highest BCUT2D eigenvalue weighted by Crippen LogP contribution is 2.42. The Morgan fingerprint density at radius 1 is 1.08 bits per heavy atom. The van der Waals surface area contributed by atoms with Crippen molar-refractivity contribution < 1.29 is 4.79 Å². The molecule has 2 aromatic rings. The van der Waals surface area contributed by atoms with Crippen LogP contribution in [0.5, 0.6) is 0 Å². The van der Waals surface area contributed by atoms with Crippen molar-refractivity contribution in [3.05, 3.63) is 65.5 Å². The van der Waals surface area contributed by atoms with Crippen molar-refractivity contribution in [1.29, 1.82) is 0 Å². The van der Waals surface area contributed by atoms with Crippen molar-refractivity contribution in [1.82, 2.24) is 9.88 Å². The molecule has 0 radical (unpaired) electrons. The summed E-state index contributed by atoms with van der Waals surface area (Å²) in [6.07, 6.45) is 8.75. The van der Waals surface area contributed by atoms with Crippen LogP contribution in [-0.4, -0.2) is 21.8 Å². The molecular weight excluding hydrogens is 296 g/mol. The highest BCUT2D eigenvalue weighted by Gasteiger charge is 2.39. The van der Waals surface area contributed by atoms with Gasteiger partial charge in [0, 0.05) is 24.4 Å². The molecule has 1 heterocycles. The molecule has 0 saturated heterocycles. The molecular formula is C21H24N2O. The molecule has 24 heavy (non-hydrogen) atoms. The van der Waals surface area contributed by atoms with E-state index in [9.17, 15) is 4.79 Å². The van der Waals surface area contributed by atoms with Crippen LogP contribution in [-0.2, 0) is 17.6 Å². The van der Waals surface area contributed by atoms with Crippen molar-refractivity contribution in [2.45, 2.75) is 57.0 Å². The highest BCUT2D eigenvalue weighted by atomic mass is 16.2. The number of carbonyl (C=O) groups is 1. The van der Waals surface area contributed by atoms with E-state index in [1.165, 1.54) is 24.0 Å². The molecule has 3 heteroatoms. The molecule has 1 fully saturated rings. The second-order valence-electron chi connectivity index (χ2n) is 6.96. The fourth-order valence-electron chi connectivity index (χ4n) is 3.90. The number of benzene rings is 1. The average molecular weight is 320 g/mol. The van der Waals surface area contributed by atoms with E-state index in [-0.39, 0.29) is 0 Å². The number of pyridine rings is 1. The number of rotatable bonds is 6. The Kier molecular flexibility index (Phi) is 4.33. The number of fused-ring (bicyclic) bond motifs is 1. The molecule has 1 aromatic heterocycles. The zero-order chi connectivity index (χ0) is 16.4. The van der Waals surface area contributed by atoms with Crippen molar-refractivity contribution in [3.8, 4) is 0 Å². The Balaban J connectivity index is 1.41. The maximum Gasteiger partial charge on any atom is 0.223 e. The SMILES string of the molecule is O=C(CCCc1ccccn1)N(C1CC1)C1CCc2ccccc21. The van der Waals surface area contributed by atoms with E-state index in [0.29, 0.717) is 24.4 Å². The number of hydrogen-bond acceptors (Lipinski definition) is 2. The molecule has 0 aliphatic heterocycles. The number of hydrogen-bond donors (Lipinski definition) is 0. The normalized spacial score (nSPS) is 19.1. The summed E-state index contributed by atoms with van der Waals surface area (Å²) in [5.74, 6) is 0.329. The van der Waals surface area contributed by atoms with Gasteiger partial charge in [-0.3, -0.25) is 9.78 Å². The van der Waals surface area contributed by atoms with Gasteiger partial charge >= 0.3 is 0 Å². The third kappa shape index (κ3) is 3.21. The minimum absolute atomic E-state index is 0.302. The van der Waals surface area contributed by atoms with Crippen LogP contribution in [0.1, 0.15) is 55.0 Å². The molecule has 0 spiro atoms. The molecule has 0 bridgehead atoms. The number of nitrogens with zero attached hydrogens (tertiary/aromatic N) is 2. The maximum absolute atomic E-state index is 12.9. The average Bonchev–Trinajstić information content (AvgIpc) is 3.36. The van der Waals surface area contributed by atoms with E-state index in [2.05, 4.69) is 34.1 Å². The predicted octanol–water partition coefficient (Wildman–Crippen LogP) is 4.08. The largest absolute Gasteiger partial charge is 0.333 e. The number of amides is 1. The van der Waals surface area contributed by atoms with E-state index < -0.39 is 0 Å². The summed E-state index contributed by atoms with van der Waals surface area (Å²) in [6.45, 7) is 0. The molecule has 1 aromatic carbocycles. The summed E-state index contributed by atoms with van der Waals surface area (Å²) < 4.78 is 0. The number of aromatic nitrogens is 1. The van der Waals surface area contributed by atoms with Crippen LogP contribution in [0.3, 0.4) is 0 Å². The topological polar surface area (TPSA) is 33.2 Å². The van der Waals surface area contributed by atoms with Crippen LogP contribution >= 0.6 is 0 Å². The van der Waals surface area contributed by atoms with Crippen LogP contribution in [0, 0.1) is 0 Å². The third-order valence-corrected chi connectivity index (χ3v) is 5.21. The standard InChI is InChI=1S/C21H24N2O/c24-21(10-5-8-17-7-3-4-15-22-17)23(18-12-13-18)20-14-11-16-6-1-2-9-19(16)20/h1-4,6-7,9,15,18,20H,5,8,10-14H2. The quantitative estimate of drug-likeness (QED) is 0.803. The first-order valence-corrected chi connectivity index (χ1v) is 9.12. The van der Waals surface area contributed by atoms with Gasteiger partial charge in [-0.15, -0.1) is 0 Å². The summed E-state index contributed by atoms with van der Waals surface area (Å²) in [4.78, 5) is 19.5. The van der Waals surface area contributed by atoms with Gasteiger partial charge in [-0.2, -0.15) is 0 Å². The number of aryl methyl sites for hydroxylation is 2. The Morgan fingerprint density at radius 2 is 1.92 bits per heavy atom. The maximum atomic E-state index is 12.9. The van der Waals surface area contributed by atoms with Gasteiger partial charge in [0.2, 0.25) is 5.91 Å². The van der Waals surface area contributed by atoms with Gasteiger partial charge in [-0.25, -0.2) is 0 Å². The van der Waals surface area contributed by atoms with E-state index in [1.54, 1.807) is 0 Å². The van der Waals surface area contributed by atoms with E-state index >= 15 is 0 Å². The predicted molar refractivity (Wildman–Crippen MR) is 94.5 cm³/mol. The molecule has 1 amide bonds. The first-order valence-electron chi connectivity index (χ1n) is 9.12. The lowest BCUT2D eigenvalue weighted by molar-refractivity contribution is -0.134. The minimum Gasteiger partial charge on any atom is -0.333 e. The first-order chi connectivity index (χ1) is 11.8. The van der Waals surface area contributed by atoms with Gasteiger partial charge < -0.3 is 4.90 Å². The van der Waals surface area contributed by atoms with Gasteiger partial charge in [0.25, 0.3) is 0 Å². The van der Waals surface area contributed by atoms with Gasteiger partial charge in [-0.05, 0) is 61.8 Å². The molecule has 0 N–H and O–H groups in total. The molecule has 124 valence electrons. The smallest absolute Gasteiger partial charge is 0.223 e. The second kappa shape index (κ2) is 6.76. The fourth-order valence-corrected chi connectivity index (χ4v) is 3.90. The summed E-state index contributed by atoms with van der Waals surface area (Å²) >= 11 is 0. The lowest BCUT2D eigenvalue weighted by Gasteiger charge is -2.30. The zero-order valence-corrected chi connectivity index (χ0v) is 14.0. The molecule has 1 saturated carbocycles. The Labute approximate surface area is 143 Å². The van der Waals surface area contributed by atoms with E-state index in [0.717, 1.165) is 31.4 Å². The van der Waals surface area contributed by atoms with Gasteiger partial charge in [0.05, 0.1) is 6.04 Å². The molecule has 1 unspecified atom stereocenters. The van der Waals surface area contributed by atoms with Crippen LogP contribution in [0.15, 0.2) is 48.7 Å². The summed E-state index contributed by atoms with van der Waals surface area (Å²) in [5, 5.41) is 0. The molecule has 4 rings (SSSR count). The van der Waals surface area contributed by atoms with Crippen molar-refractivity contribution >= 4 is 5.91 Å². The van der Waals surface area contributed by atoms with Crippen LogP contribution in [0.25, 0.3) is 0 Å². The Bertz CT molecular complexity index is 709. The summed E-state index contributed by atoms with van der Waals surface area (Å²) in [6, 6.07) is 15.4. The lowest BCUT2D eigenvalue weighted by Crippen LogP contribution is -2.35. The Hall–Kier alpha value is -2.16. The summed E-state index contributed by atoms with van der Waals surface area (Å²) in [5.41, 5.74) is 3.88. The minimum atomic E-state index is 0.302. The van der Waals surface area contributed by atoms with Gasteiger partial charge in [0.1, 0.15) is 0 Å². The van der Waals surface area contributed by atoms with Crippen molar-refractivity contribution in [3.63, 3.8) is 0 Å². The zero-order valence-electron chi connectivity index (χ0n) is 14.0. The summed E-state index contributed by atoms with van der Waals surface area (Å²) in [7, 11) is 0. The van der Waals surface area contributed by atoms with Crippen LogP contribution in [0.4, 0.5) is 0 Å². The molecule has 2 aliphatic carbocycles. The van der Waals surface area contributed by atoms with E-state index in [4.69, 9.17) is 0 Å².